The molecule has 1 aliphatic heterocycles. The Balaban J connectivity index is 1.49. The maximum atomic E-state index is 12.3. The summed E-state index contributed by atoms with van der Waals surface area (Å²) >= 11 is 1.52. The first-order valence-electron chi connectivity index (χ1n) is 12.9. The van der Waals surface area contributed by atoms with Gasteiger partial charge in [-0.3, -0.25) is 4.55 Å². The van der Waals surface area contributed by atoms with Gasteiger partial charge in [-0.25, -0.2) is 27.3 Å². The number of aryl methyl sites for hydroxylation is 2. The Morgan fingerprint density at radius 1 is 1.25 bits per heavy atom. The predicted octanol–water partition coefficient (Wildman–Crippen LogP) is 4.17. The van der Waals surface area contributed by atoms with Gasteiger partial charge >= 0.3 is 0 Å². The van der Waals surface area contributed by atoms with E-state index in [0.29, 0.717) is 31.0 Å². The number of aromatic amines is 1. The van der Waals surface area contributed by atoms with Crippen LogP contribution in [0.4, 0.5) is 5.69 Å². The van der Waals surface area contributed by atoms with Crippen LogP contribution in [0.5, 0.6) is 0 Å². The molecule has 1 fully saturated rings. The van der Waals surface area contributed by atoms with Crippen molar-refractivity contribution >= 4 is 54.1 Å². The fourth-order valence-corrected chi connectivity index (χ4v) is 7.07. The summed E-state index contributed by atoms with van der Waals surface area (Å²) in [7, 11) is -3.23. The van der Waals surface area contributed by atoms with Crippen molar-refractivity contribution in [3.63, 3.8) is 0 Å². The third-order valence-corrected chi connectivity index (χ3v) is 10.2. The molecule has 14 heteroatoms. The normalized spacial score (nSPS) is 17.1. The molecule has 2 atom stereocenters. The van der Waals surface area contributed by atoms with Crippen LogP contribution in [0.15, 0.2) is 34.9 Å². The van der Waals surface area contributed by atoms with Gasteiger partial charge in [0.25, 0.3) is 0 Å². The third-order valence-electron chi connectivity index (χ3n) is 7.33. The highest BCUT2D eigenvalue weighted by atomic mass is 79.9. The number of sulfonamides is 1. The van der Waals surface area contributed by atoms with E-state index in [4.69, 9.17) is 9.54 Å². The molecular weight excluding hydrogens is 618 g/mol. The number of nitrogens with zero attached hydrogens (tertiary/aromatic N) is 4. The van der Waals surface area contributed by atoms with Crippen molar-refractivity contribution in [2.75, 3.05) is 24.2 Å². The zero-order valence-electron chi connectivity index (χ0n) is 22.7. The summed E-state index contributed by atoms with van der Waals surface area (Å²) in [5.41, 5.74) is 7.98. The van der Waals surface area contributed by atoms with E-state index in [0.717, 1.165) is 49.4 Å². The Kier molecular flexibility index (Phi) is 8.19. The van der Waals surface area contributed by atoms with Crippen LogP contribution in [0.3, 0.4) is 0 Å². The highest BCUT2D eigenvalue weighted by Gasteiger charge is 2.31. The standard InChI is InChI=1S/C26H32BrN7O4S2/c1-5-40(37,38)33-9-8-19(14-33)30-23-21(27)13-28-26-24(23)31-25(32-26)20-10-16(3)34(17(20)4)22-11-18(7-6-15(22)2)12-29-39(35)36/h6-7,10-11,13,19,29H,5,8-9,12,14H2,1-4H3,(H,35,36)(H2,28,30,31,32)/t19-/m0/s1. The molecule has 1 saturated heterocycles. The van der Waals surface area contributed by atoms with E-state index in [1.165, 1.54) is 0 Å². The number of aromatic nitrogens is 4. The molecule has 5 rings (SSSR count). The highest BCUT2D eigenvalue weighted by molar-refractivity contribution is 9.10. The molecule has 11 nitrogen and oxygen atoms in total. The van der Waals surface area contributed by atoms with Gasteiger partial charge in [-0.15, -0.1) is 0 Å². The van der Waals surface area contributed by atoms with Crippen molar-refractivity contribution in [2.45, 2.75) is 46.7 Å². The SMILES string of the molecule is CCS(=O)(=O)N1CC[C@H](Nc2c(Br)cnc3nc(-c4cc(C)n(-c5cc(CNS(=O)O)ccc5C)c4C)[nH]c23)C1. The number of halogens is 1. The maximum absolute atomic E-state index is 12.3. The van der Waals surface area contributed by atoms with E-state index in [1.54, 1.807) is 17.4 Å². The Morgan fingerprint density at radius 2 is 2.02 bits per heavy atom. The van der Waals surface area contributed by atoms with Gasteiger partial charge in [-0.1, -0.05) is 12.1 Å². The zero-order chi connectivity index (χ0) is 28.8. The largest absolute Gasteiger partial charge is 0.378 e. The Morgan fingerprint density at radius 3 is 2.75 bits per heavy atom. The van der Waals surface area contributed by atoms with Gasteiger partial charge in [-0.05, 0) is 73.3 Å². The summed E-state index contributed by atoms with van der Waals surface area (Å²) < 4.78 is 51.9. The lowest BCUT2D eigenvalue weighted by atomic mass is 10.1. The van der Waals surface area contributed by atoms with Crippen molar-refractivity contribution in [3.8, 4) is 17.1 Å². The summed E-state index contributed by atoms with van der Waals surface area (Å²) in [4.78, 5) is 12.8. The van der Waals surface area contributed by atoms with Gasteiger partial charge in [0, 0.05) is 54.5 Å². The maximum Gasteiger partial charge on any atom is 0.232 e. The minimum absolute atomic E-state index is 0.0342. The minimum atomic E-state index is -3.23. The second-order valence-electron chi connectivity index (χ2n) is 9.96. The van der Waals surface area contributed by atoms with E-state index in [9.17, 15) is 12.6 Å². The number of hydrogen-bond acceptors (Lipinski definition) is 6. The van der Waals surface area contributed by atoms with E-state index in [-0.39, 0.29) is 18.3 Å². The van der Waals surface area contributed by atoms with Gasteiger partial charge in [-0.2, -0.15) is 4.31 Å². The van der Waals surface area contributed by atoms with Crippen LogP contribution in [-0.2, 0) is 27.8 Å². The number of fused-ring (bicyclic) bond motifs is 1. The summed E-state index contributed by atoms with van der Waals surface area (Å²) in [6, 6.07) is 8.00. The fraction of sp³-hybridized carbons (Fsp3) is 0.385. The second-order valence-corrected chi connectivity index (χ2v) is 13.9. The highest BCUT2D eigenvalue weighted by Crippen LogP contribution is 2.35. The molecule has 0 radical (unpaired) electrons. The molecule has 0 saturated carbocycles. The van der Waals surface area contributed by atoms with Gasteiger partial charge < -0.3 is 14.9 Å². The number of hydrogen-bond donors (Lipinski definition) is 4. The first-order valence-corrected chi connectivity index (χ1v) is 16.4. The van der Waals surface area contributed by atoms with E-state index in [2.05, 4.69) is 46.6 Å². The fourth-order valence-electron chi connectivity index (χ4n) is 5.21. The number of H-pyrrole nitrogens is 1. The molecule has 40 heavy (non-hydrogen) atoms. The smallest absolute Gasteiger partial charge is 0.232 e. The summed E-state index contributed by atoms with van der Waals surface area (Å²) in [6.07, 6.45) is 2.41. The number of pyridine rings is 1. The zero-order valence-corrected chi connectivity index (χ0v) is 25.9. The molecule has 4 aromatic rings. The Hall–Kier alpha value is -2.62. The van der Waals surface area contributed by atoms with Crippen LogP contribution in [-0.4, -0.2) is 65.9 Å². The van der Waals surface area contributed by atoms with Crippen LogP contribution in [0.1, 0.15) is 35.9 Å². The average Bonchev–Trinajstić information content (AvgIpc) is 3.63. The van der Waals surface area contributed by atoms with Crippen molar-refractivity contribution in [1.29, 1.82) is 0 Å². The average molecular weight is 651 g/mol. The first kappa shape index (κ1) is 28.9. The molecular formula is C26H32BrN7O4S2. The first-order chi connectivity index (χ1) is 19.0. The van der Waals surface area contributed by atoms with Crippen LogP contribution in [0.2, 0.25) is 0 Å². The number of nitrogens with one attached hydrogen (secondary N) is 3. The molecule has 1 unspecified atom stereocenters. The van der Waals surface area contributed by atoms with Gasteiger partial charge in [0.15, 0.2) is 5.65 Å². The lowest BCUT2D eigenvalue weighted by molar-refractivity contribution is 0.476. The third kappa shape index (κ3) is 5.60. The molecule has 4 N–H and O–H groups in total. The molecule has 4 heterocycles. The van der Waals surface area contributed by atoms with Crippen LogP contribution >= 0.6 is 15.9 Å². The number of imidazole rings is 1. The summed E-state index contributed by atoms with van der Waals surface area (Å²) in [6.45, 7) is 8.94. The number of benzene rings is 1. The minimum Gasteiger partial charge on any atom is -0.378 e. The van der Waals surface area contributed by atoms with Crippen molar-refractivity contribution in [2.24, 2.45) is 0 Å². The molecule has 214 valence electrons. The van der Waals surface area contributed by atoms with Gasteiger partial charge in [0.1, 0.15) is 11.3 Å². The molecule has 0 aliphatic carbocycles. The lowest BCUT2D eigenvalue weighted by Crippen LogP contribution is -2.32. The monoisotopic (exact) mass is 649 g/mol. The topological polar surface area (TPSA) is 145 Å². The van der Waals surface area contributed by atoms with E-state index >= 15 is 0 Å². The van der Waals surface area contributed by atoms with E-state index < -0.39 is 21.3 Å². The van der Waals surface area contributed by atoms with Crippen LogP contribution < -0.4 is 10.0 Å². The number of anilines is 1. The van der Waals surface area contributed by atoms with Crippen molar-refractivity contribution in [1.82, 2.24) is 28.5 Å². The molecule has 0 amide bonds. The molecule has 0 bridgehead atoms. The number of rotatable bonds is 9. The summed E-state index contributed by atoms with van der Waals surface area (Å²) in [5.74, 6) is 0.769. The molecule has 3 aromatic heterocycles. The second kappa shape index (κ2) is 11.3. The van der Waals surface area contributed by atoms with Gasteiger partial charge in [0.2, 0.25) is 21.3 Å². The molecule has 1 aliphatic rings. The summed E-state index contributed by atoms with van der Waals surface area (Å²) in [5, 5.41) is 3.52. The Labute approximate surface area is 244 Å². The van der Waals surface area contributed by atoms with E-state index in [1.807, 2.05) is 39.0 Å². The molecule has 1 aromatic carbocycles. The van der Waals surface area contributed by atoms with Gasteiger partial charge in [0.05, 0.1) is 15.9 Å². The quantitative estimate of drug-likeness (QED) is 0.199. The predicted molar refractivity (Wildman–Crippen MR) is 161 cm³/mol. The van der Waals surface area contributed by atoms with Crippen LogP contribution in [0.25, 0.3) is 28.2 Å². The lowest BCUT2D eigenvalue weighted by Gasteiger charge is -2.17. The van der Waals surface area contributed by atoms with Crippen molar-refractivity contribution in [3.05, 3.63) is 57.4 Å². The molecule has 0 spiro atoms. The Bertz CT molecular complexity index is 1720. The van der Waals surface area contributed by atoms with Crippen LogP contribution in [0, 0.1) is 20.8 Å². The van der Waals surface area contributed by atoms with Crippen molar-refractivity contribution < 1.29 is 17.2 Å².